The van der Waals surface area contributed by atoms with Crippen LogP contribution in [-0.4, -0.2) is 4.98 Å². The molecule has 4 heteroatoms. The van der Waals surface area contributed by atoms with Crippen molar-refractivity contribution >= 4 is 28.4 Å². The fraction of sp³-hybridized carbons (Fsp3) is 0.125. The maximum Gasteiger partial charge on any atom is 0.136 e. The standard InChI is InChI=1S/C8H10IN3/c1-2-7(10)5-3-6(9)8(11)12-4-5/h2-4,7H,1,10H2,(H2,11,12)/t7-/m1/s1. The molecule has 1 rings (SSSR count). The van der Waals surface area contributed by atoms with Crippen molar-refractivity contribution in [1.29, 1.82) is 0 Å². The number of aromatic nitrogens is 1. The van der Waals surface area contributed by atoms with E-state index in [0.717, 1.165) is 9.13 Å². The molecule has 0 bridgehead atoms. The molecule has 0 unspecified atom stereocenters. The summed E-state index contributed by atoms with van der Waals surface area (Å²) in [5.41, 5.74) is 12.2. The predicted octanol–water partition coefficient (Wildman–Crippen LogP) is 1.45. The molecule has 0 fully saturated rings. The summed E-state index contributed by atoms with van der Waals surface area (Å²) in [6.07, 6.45) is 3.34. The minimum atomic E-state index is -0.161. The summed E-state index contributed by atoms with van der Waals surface area (Å²) in [6, 6.07) is 1.75. The molecular formula is C8H10IN3. The van der Waals surface area contributed by atoms with E-state index in [2.05, 4.69) is 34.2 Å². The van der Waals surface area contributed by atoms with Crippen LogP contribution in [0.4, 0.5) is 5.82 Å². The lowest BCUT2D eigenvalue weighted by Crippen LogP contribution is -2.08. The summed E-state index contributed by atoms with van der Waals surface area (Å²) >= 11 is 2.12. The molecule has 0 radical (unpaired) electrons. The Balaban J connectivity index is 3.04. The van der Waals surface area contributed by atoms with E-state index >= 15 is 0 Å². The Hall–Kier alpha value is -0.620. The van der Waals surface area contributed by atoms with E-state index in [1.165, 1.54) is 0 Å². The molecule has 1 atom stereocenters. The SMILES string of the molecule is C=C[C@@H](N)c1cnc(N)c(I)c1. The van der Waals surface area contributed by atoms with Gasteiger partial charge >= 0.3 is 0 Å². The van der Waals surface area contributed by atoms with Crippen LogP contribution in [0.25, 0.3) is 0 Å². The van der Waals surface area contributed by atoms with E-state index in [9.17, 15) is 0 Å². The van der Waals surface area contributed by atoms with Gasteiger partial charge in [0.05, 0.1) is 3.57 Å². The van der Waals surface area contributed by atoms with Gasteiger partial charge in [-0.2, -0.15) is 0 Å². The van der Waals surface area contributed by atoms with Gasteiger partial charge in [-0.15, -0.1) is 6.58 Å². The quantitative estimate of drug-likeness (QED) is 0.634. The summed E-state index contributed by atoms with van der Waals surface area (Å²) < 4.78 is 0.919. The normalized spacial score (nSPS) is 12.5. The molecule has 12 heavy (non-hydrogen) atoms. The van der Waals surface area contributed by atoms with Crippen molar-refractivity contribution in [3.63, 3.8) is 0 Å². The van der Waals surface area contributed by atoms with Gasteiger partial charge in [0.2, 0.25) is 0 Å². The Kier molecular flexibility index (Phi) is 3.05. The Morgan fingerprint density at radius 3 is 2.83 bits per heavy atom. The maximum atomic E-state index is 5.71. The summed E-state index contributed by atoms with van der Waals surface area (Å²) in [5, 5.41) is 0. The zero-order valence-electron chi connectivity index (χ0n) is 6.50. The largest absolute Gasteiger partial charge is 0.383 e. The lowest BCUT2D eigenvalue weighted by atomic mass is 10.1. The summed E-state index contributed by atoms with van der Waals surface area (Å²) in [4.78, 5) is 3.99. The molecule has 1 aromatic rings. The zero-order valence-corrected chi connectivity index (χ0v) is 8.65. The van der Waals surface area contributed by atoms with Crippen molar-refractivity contribution in [2.45, 2.75) is 6.04 Å². The number of anilines is 1. The van der Waals surface area contributed by atoms with E-state index in [0.29, 0.717) is 5.82 Å². The molecule has 4 N–H and O–H groups in total. The van der Waals surface area contributed by atoms with Crippen LogP contribution in [-0.2, 0) is 0 Å². The van der Waals surface area contributed by atoms with E-state index in [-0.39, 0.29) is 6.04 Å². The fourth-order valence-corrected chi connectivity index (χ4v) is 1.28. The number of nitrogens with two attached hydrogens (primary N) is 2. The van der Waals surface area contributed by atoms with Crippen LogP contribution in [0.3, 0.4) is 0 Å². The third-order valence-electron chi connectivity index (χ3n) is 1.53. The van der Waals surface area contributed by atoms with Gasteiger partial charge in [-0.25, -0.2) is 4.98 Å². The van der Waals surface area contributed by atoms with Gasteiger partial charge in [0.15, 0.2) is 0 Å². The highest BCUT2D eigenvalue weighted by atomic mass is 127. The van der Waals surface area contributed by atoms with Crippen molar-refractivity contribution in [3.05, 3.63) is 34.1 Å². The van der Waals surface area contributed by atoms with Crippen LogP contribution in [0.15, 0.2) is 24.9 Å². The minimum Gasteiger partial charge on any atom is -0.383 e. The van der Waals surface area contributed by atoms with Crippen LogP contribution in [0.2, 0.25) is 0 Å². The summed E-state index contributed by atoms with van der Waals surface area (Å²) in [5.74, 6) is 0.538. The van der Waals surface area contributed by atoms with Crippen molar-refractivity contribution in [3.8, 4) is 0 Å². The smallest absolute Gasteiger partial charge is 0.136 e. The van der Waals surface area contributed by atoms with Crippen LogP contribution in [0.5, 0.6) is 0 Å². The first kappa shape index (κ1) is 9.47. The number of hydrogen-bond acceptors (Lipinski definition) is 3. The highest BCUT2D eigenvalue weighted by Gasteiger charge is 2.03. The Morgan fingerprint density at radius 1 is 1.67 bits per heavy atom. The molecule has 0 saturated heterocycles. The molecule has 3 nitrogen and oxygen atoms in total. The van der Waals surface area contributed by atoms with Gasteiger partial charge in [-0.1, -0.05) is 6.08 Å². The number of hydrogen-bond donors (Lipinski definition) is 2. The Bertz CT molecular complexity index is 298. The first-order valence-corrected chi connectivity index (χ1v) is 4.52. The van der Waals surface area contributed by atoms with Crippen molar-refractivity contribution in [1.82, 2.24) is 4.98 Å². The molecule has 0 aliphatic rings. The second kappa shape index (κ2) is 3.86. The lowest BCUT2D eigenvalue weighted by Gasteiger charge is -2.06. The number of pyridine rings is 1. The van der Waals surface area contributed by atoms with Crippen LogP contribution in [0.1, 0.15) is 11.6 Å². The maximum absolute atomic E-state index is 5.71. The minimum absolute atomic E-state index is 0.161. The van der Waals surface area contributed by atoms with E-state index < -0.39 is 0 Å². The fourth-order valence-electron chi connectivity index (χ4n) is 0.782. The van der Waals surface area contributed by atoms with E-state index in [1.807, 2.05) is 6.07 Å². The van der Waals surface area contributed by atoms with Gasteiger partial charge < -0.3 is 11.5 Å². The van der Waals surface area contributed by atoms with Crippen LogP contribution in [0, 0.1) is 3.57 Å². The highest BCUT2D eigenvalue weighted by Crippen LogP contribution is 2.17. The predicted molar refractivity (Wildman–Crippen MR) is 58.5 cm³/mol. The third kappa shape index (κ3) is 1.95. The number of nitrogens with zero attached hydrogens (tertiary/aromatic N) is 1. The van der Waals surface area contributed by atoms with Gasteiger partial charge in [-0.3, -0.25) is 0 Å². The molecule has 1 aromatic heterocycles. The van der Waals surface area contributed by atoms with Crippen molar-refractivity contribution in [2.75, 3.05) is 5.73 Å². The molecule has 1 heterocycles. The topological polar surface area (TPSA) is 64.9 Å². The molecule has 0 aliphatic heterocycles. The average molecular weight is 275 g/mol. The monoisotopic (exact) mass is 275 g/mol. The van der Waals surface area contributed by atoms with Gasteiger partial charge in [0.1, 0.15) is 5.82 Å². The van der Waals surface area contributed by atoms with Gasteiger partial charge in [-0.05, 0) is 34.2 Å². The van der Waals surface area contributed by atoms with Crippen LogP contribution < -0.4 is 11.5 Å². The molecule has 0 amide bonds. The Morgan fingerprint density at radius 2 is 2.33 bits per heavy atom. The number of halogens is 1. The van der Waals surface area contributed by atoms with Crippen molar-refractivity contribution in [2.24, 2.45) is 5.73 Å². The second-order valence-electron chi connectivity index (χ2n) is 2.40. The van der Waals surface area contributed by atoms with Gasteiger partial charge in [0.25, 0.3) is 0 Å². The molecular weight excluding hydrogens is 265 g/mol. The van der Waals surface area contributed by atoms with Crippen molar-refractivity contribution < 1.29 is 0 Å². The lowest BCUT2D eigenvalue weighted by molar-refractivity contribution is 0.903. The van der Waals surface area contributed by atoms with Crippen LogP contribution >= 0.6 is 22.6 Å². The Labute approximate surface area is 85.0 Å². The molecule has 64 valence electrons. The number of rotatable bonds is 2. The summed E-state index contributed by atoms with van der Waals surface area (Å²) in [7, 11) is 0. The van der Waals surface area contributed by atoms with E-state index in [1.54, 1.807) is 12.3 Å². The molecule has 0 saturated carbocycles. The highest BCUT2D eigenvalue weighted by molar-refractivity contribution is 14.1. The first-order valence-electron chi connectivity index (χ1n) is 3.44. The zero-order chi connectivity index (χ0) is 9.14. The number of nitrogen functional groups attached to an aromatic ring is 1. The third-order valence-corrected chi connectivity index (χ3v) is 2.39. The molecule has 0 spiro atoms. The average Bonchev–Trinajstić information content (AvgIpc) is 2.08. The second-order valence-corrected chi connectivity index (χ2v) is 3.56. The van der Waals surface area contributed by atoms with Gasteiger partial charge in [0, 0.05) is 12.2 Å². The summed E-state index contributed by atoms with van der Waals surface area (Å²) in [6.45, 7) is 3.60. The van der Waals surface area contributed by atoms with E-state index in [4.69, 9.17) is 11.5 Å². The first-order chi connectivity index (χ1) is 5.65. The molecule has 0 aliphatic carbocycles. The molecule has 0 aromatic carbocycles.